The van der Waals surface area contributed by atoms with E-state index >= 15 is 0 Å². The Morgan fingerprint density at radius 2 is 1.81 bits per heavy atom. The summed E-state index contributed by atoms with van der Waals surface area (Å²) in [7, 11) is 5.68. The molecule has 170 valence electrons. The van der Waals surface area contributed by atoms with Crippen molar-refractivity contribution in [2.75, 3.05) is 49.8 Å². The lowest BCUT2D eigenvalue weighted by atomic mass is 10.1. The van der Waals surface area contributed by atoms with Gasteiger partial charge < -0.3 is 25.6 Å². The Morgan fingerprint density at radius 3 is 2.48 bits per heavy atom. The number of nitrogens with one attached hydrogen (secondary N) is 3. The topological polar surface area (TPSA) is 87.2 Å². The molecule has 0 spiro atoms. The SMILES string of the molecule is CNCCCN(C)c1nc(Nc2ccc(OC)c(C)c2)nc(NC2CCCCCC2)n1. The van der Waals surface area contributed by atoms with Crippen LogP contribution in [0.25, 0.3) is 0 Å². The number of hydrogen-bond donors (Lipinski definition) is 3. The highest BCUT2D eigenvalue weighted by molar-refractivity contribution is 5.59. The van der Waals surface area contributed by atoms with Gasteiger partial charge in [0.05, 0.1) is 7.11 Å². The van der Waals surface area contributed by atoms with Crippen LogP contribution in [0, 0.1) is 6.92 Å². The molecule has 3 rings (SSSR count). The first-order valence-electron chi connectivity index (χ1n) is 11.4. The Kier molecular flexibility index (Phi) is 8.70. The number of benzene rings is 1. The van der Waals surface area contributed by atoms with Crippen LogP contribution in [-0.4, -0.2) is 55.3 Å². The van der Waals surface area contributed by atoms with Gasteiger partial charge in [-0.25, -0.2) is 0 Å². The molecular weight excluding hydrogens is 390 g/mol. The van der Waals surface area contributed by atoms with Crippen molar-refractivity contribution in [3.05, 3.63) is 23.8 Å². The van der Waals surface area contributed by atoms with Crippen LogP contribution in [0.2, 0.25) is 0 Å². The number of methoxy groups -OCH3 is 1. The van der Waals surface area contributed by atoms with Gasteiger partial charge in [-0.15, -0.1) is 0 Å². The van der Waals surface area contributed by atoms with Crippen LogP contribution in [0.15, 0.2) is 18.2 Å². The van der Waals surface area contributed by atoms with Crippen molar-refractivity contribution in [1.82, 2.24) is 20.3 Å². The fraction of sp³-hybridized carbons (Fsp3) is 0.609. The highest BCUT2D eigenvalue weighted by Crippen LogP contribution is 2.25. The van der Waals surface area contributed by atoms with Crippen LogP contribution in [0.4, 0.5) is 23.5 Å². The van der Waals surface area contributed by atoms with E-state index in [1.807, 2.05) is 39.2 Å². The summed E-state index contributed by atoms with van der Waals surface area (Å²) in [5, 5.41) is 10.1. The van der Waals surface area contributed by atoms with E-state index in [2.05, 4.69) is 25.8 Å². The Hall–Kier alpha value is -2.61. The van der Waals surface area contributed by atoms with E-state index in [0.29, 0.717) is 23.9 Å². The Labute approximate surface area is 186 Å². The highest BCUT2D eigenvalue weighted by Gasteiger charge is 2.16. The Bertz CT molecular complexity index is 822. The smallest absolute Gasteiger partial charge is 0.233 e. The molecule has 0 unspecified atom stereocenters. The summed E-state index contributed by atoms with van der Waals surface area (Å²) >= 11 is 0. The van der Waals surface area contributed by atoms with Crippen molar-refractivity contribution in [3.63, 3.8) is 0 Å². The number of ether oxygens (including phenoxy) is 1. The van der Waals surface area contributed by atoms with Crippen molar-refractivity contribution >= 4 is 23.5 Å². The van der Waals surface area contributed by atoms with E-state index in [9.17, 15) is 0 Å². The van der Waals surface area contributed by atoms with Gasteiger partial charge in [-0.1, -0.05) is 25.7 Å². The second-order valence-corrected chi connectivity index (χ2v) is 8.30. The van der Waals surface area contributed by atoms with Crippen LogP contribution in [-0.2, 0) is 0 Å². The standard InChI is InChI=1S/C23H37N7O/c1-17-16-19(12-13-20(17)31-4)26-22-27-21(25-18-10-7-5-6-8-11-18)28-23(29-22)30(3)15-9-14-24-2/h12-13,16,18,24H,5-11,14-15H2,1-4H3,(H2,25,26,27,28,29). The molecule has 1 aromatic carbocycles. The third-order valence-electron chi connectivity index (χ3n) is 5.72. The fourth-order valence-corrected chi connectivity index (χ4v) is 3.94. The number of aromatic nitrogens is 3. The van der Waals surface area contributed by atoms with Gasteiger partial charge in [0.15, 0.2) is 0 Å². The minimum Gasteiger partial charge on any atom is -0.496 e. The van der Waals surface area contributed by atoms with Crippen molar-refractivity contribution in [3.8, 4) is 5.75 Å². The number of hydrogen-bond acceptors (Lipinski definition) is 8. The largest absolute Gasteiger partial charge is 0.496 e. The highest BCUT2D eigenvalue weighted by atomic mass is 16.5. The van der Waals surface area contributed by atoms with Crippen LogP contribution >= 0.6 is 0 Å². The number of aryl methyl sites for hydroxylation is 1. The van der Waals surface area contributed by atoms with Crippen LogP contribution in [0.5, 0.6) is 5.75 Å². The second-order valence-electron chi connectivity index (χ2n) is 8.30. The number of rotatable bonds is 10. The molecule has 1 fully saturated rings. The molecule has 1 aliphatic carbocycles. The molecule has 31 heavy (non-hydrogen) atoms. The summed E-state index contributed by atoms with van der Waals surface area (Å²) in [4.78, 5) is 16.2. The summed E-state index contributed by atoms with van der Waals surface area (Å²) in [5.41, 5.74) is 1.98. The maximum Gasteiger partial charge on any atom is 0.233 e. The minimum atomic E-state index is 0.420. The van der Waals surface area contributed by atoms with Gasteiger partial charge in [0.25, 0.3) is 0 Å². The molecule has 0 saturated heterocycles. The first-order chi connectivity index (χ1) is 15.1. The molecule has 2 aromatic rings. The van der Waals surface area contributed by atoms with Gasteiger partial charge in [-0.05, 0) is 63.5 Å². The maximum absolute atomic E-state index is 5.37. The molecule has 0 bridgehead atoms. The van der Waals surface area contributed by atoms with E-state index in [0.717, 1.165) is 36.5 Å². The molecule has 1 aromatic heterocycles. The van der Waals surface area contributed by atoms with Crippen molar-refractivity contribution < 1.29 is 4.74 Å². The van der Waals surface area contributed by atoms with E-state index < -0.39 is 0 Å². The zero-order chi connectivity index (χ0) is 22.1. The summed E-state index contributed by atoms with van der Waals surface area (Å²) in [6.07, 6.45) is 8.51. The molecule has 0 radical (unpaired) electrons. The van der Waals surface area contributed by atoms with Crippen LogP contribution < -0.4 is 25.6 Å². The first kappa shape index (κ1) is 23.1. The minimum absolute atomic E-state index is 0.420. The number of nitrogens with zero attached hydrogens (tertiary/aromatic N) is 4. The fourth-order valence-electron chi connectivity index (χ4n) is 3.94. The molecule has 0 aliphatic heterocycles. The second kappa shape index (κ2) is 11.7. The molecule has 1 aliphatic rings. The molecule has 0 atom stereocenters. The summed E-state index contributed by atoms with van der Waals surface area (Å²) in [6.45, 7) is 3.85. The predicted molar refractivity (Wildman–Crippen MR) is 128 cm³/mol. The van der Waals surface area contributed by atoms with E-state index in [1.165, 1.54) is 38.5 Å². The molecule has 3 N–H and O–H groups in total. The normalized spacial score (nSPS) is 14.7. The Balaban J connectivity index is 1.81. The summed E-state index contributed by atoms with van der Waals surface area (Å²) in [5.74, 6) is 2.73. The lowest BCUT2D eigenvalue weighted by molar-refractivity contribution is 0.412. The Morgan fingerprint density at radius 1 is 1.06 bits per heavy atom. The van der Waals surface area contributed by atoms with E-state index in [1.54, 1.807) is 7.11 Å². The zero-order valence-corrected chi connectivity index (χ0v) is 19.4. The average molecular weight is 428 g/mol. The summed E-state index contributed by atoms with van der Waals surface area (Å²) < 4.78 is 5.37. The third-order valence-corrected chi connectivity index (χ3v) is 5.72. The predicted octanol–water partition coefficient (Wildman–Crippen LogP) is 4.11. The quantitative estimate of drug-likeness (QED) is 0.386. The van der Waals surface area contributed by atoms with Crippen LogP contribution in [0.1, 0.15) is 50.5 Å². The van der Waals surface area contributed by atoms with Gasteiger partial charge in [-0.3, -0.25) is 0 Å². The average Bonchev–Trinajstić information content (AvgIpc) is 3.02. The summed E-state index contributed by atoms with van der Waals surface area (Å²) in [6, 6.07) is 6.39. The van der Waals surface area contributed by atoms with Gasteiger partial charge in [0.2, 0.25) is 17.8 Å². The molecule has 8 heteroatoms. The van der Waals surface area contributed by atoms with Crippen molar-refractivity contribution in [1.29, 1.82) is 0 Å². The van der Waals surface area contributed by atoms with Crippen LogP contribution in [0.3, 0.4) is 0 Å². The molecule has 0 amide bonds. The third kappa shape index (κ3) is 6.95. The lowest BCUT2D eigenvalue weighted by Gasteiger charge is -2.21. The zero-order valence-electron chi connectivity index (χ0n) is 19.4. The van der Waals surface area contributed by atoms with E-state index in [-0.39, 0.29) is 0 Å². The van der Waals surface area contributed by atoms with Crippen molar-refractivity contribution in [2.45, 2.75) is 57.9 Å². The van der Waals surface area contributed by atoms with Crippen molar-refractivity contribution in [2.24, 2.45) is 0 Å². The lowest BCUT2D eigenvalue weighted by Crippen LogP contribution is -2.26. The number of anilines is 4. The van der Waals surface area contributed by atoms with Gasteiger partial charge in [0, 0.05) is 25.3 Å². The molecular formula is C23H37N7O. The first-order valence-corrected chi connectivity index (χ1v) is 11.4. The van der Waals surface area contributed by atoms with Gasteiger partial charge in [0.1, 0.15) is 5.75 Å². The molecule has 1 saturated carbocycles. The van der Waals surface area contributed by atoms with E-state index in [4.69, 9.17) is 14.7 Å². The van der Waals surface area contributed by atoms with Gasteiger partial charge in [-0.2, -0.15) is 15.0 Å². The molecule has 1 heterocycles. The van der Waals surface area contributed by atoms with Gasteiger partial charge >= 0.3 is 0 Å². The maximum atomic E-state index is 5.37. The monoisotopic (exact) mass is 427 g/mol. The molecule has 8 nitrogen and oxygen atoms in total.